The summed E-state index contributed by atoms with van der Waals surface area (Å²) in [4.78, 5) is 32.4. The summed E-state index contributed by atoms with van der Waals surface area (Å²) in [7, 11) is 1.82. The van der Waals surface area contributed by atoms with Crippen molar-refractivity contribution >= 4 is 23.7 Å². The summed E-state index contributed by atoms with van der Waals surface area (Å²) < 4.78 is 0. The van der Waals surface area contributed by atoms with Gasteiger partial charge in [0.2, 0.25) is 11.8 Å². The fraction of sp³-hybridized carbons (Fsp3) is 0.273. The Morgan fingerprint density at radius 1 is 1.56 bits per heavy atom. The van der Waals surface area contributed by atoms with E-state index in [2.05, 4.69) is 15.3 Å². The summed E-state index contributed by atoms with van der Waals surface area (Å²) in [6.07, 6.45) is 4.18. The summed E-state index contributed by atoms with van der Waals surface area (Å²) in [5.74, 6) is -0.205. The van der Waals surface area contributed by atoms with Crippen LogP contribution in [0, 0.1) is 0 Å². The van der Waals surface area contributed by atoms with Gasteiger partial charge >= 0.3 is 0 Å². The maximum atomic E-state index is 11.5. The molecular weight excluding hydrogens is 234 g/mol. The standard InChI is InChI=1S/C11H13N5O2/c1-16-5-8-11(15-10(18)6-16)13-4-7(14-8)2-3-9(12)17/h2-4H,5-6H2,1H3,(H2,12,17)(H,13,15,18)/b3-2+. The fourth-order valence-electron chi connectivity index (χ4n) is 1.63. The number of fused-ring (bicyclic) bond motifs is 1. The van der Waals surface area contributed by atoms with Crippen molar-refractivity contribution in [3.05, 3.63) is 23.7 Å². The summed E-state index contributed by atoms with van der Waals surface area (Å²) in [6.45, 7) is 0.809. The van der Waals surface area contributed by atoms with E-state index in [0.29, 0.717) is 30.3 Å². The molecule has 1 aliphatic rings. The molecule has 0 saturated heterocycles. The molecule has 0 saturated carbocycles. The first-order valence-electron chi connectivity index (χ1n) is 5.36. The second kappa shape index (κ2) is 4.92. The van der Waals surface area contributed by atoms with Gasteiger partial charge in [-0.15, -0.1) is 0 Å². The Labute approximate surface area is 104 Å². The van der Waals surface area contributed by atoms with Gasteiger partial charge in [-0.25, -0.2) is 9.97 Å². The van der Waals surface area contributed by atoms with Gasteiger partial charge in [0.05, 0.1) is 24.1 Å². The number of anilines is 1. The first-order valence-corrected chi connectivity index (χ1v) is 5.36. The summed E-state index contributed by atoms with van der Waals surface area (Å²) in [5.41, 5.74) is 6.19. The number of carbonyl (C=O) groups excluding carboxylic acids is 2. The Kier molecular flexibility index (Phi) is 3.33. The molecule has 0 bridgehead atoms. The van der Waals surface area contributed by atoms with Crippen molar-refractivity contribution in [1.82, 2.24) is 14.9 Å². The van der Waals surface area contributed by atoms with Gasteiger partial charge in [-0.05, 0) is 13.1 Å². The molecule has 0 unspecified atom stereocenters. The van der Waals surface area contributed by atoms with Gasteiger partial charge in [0, 0.05) is 12.6 Å². The van der Waals surface area contributed by atoms with Gasteiger partial charge in [0.25, 0.3) is 0 Å². The average Bonchev–Trinajstić information content (AvgIpc) is 2.42. The number of nitrogens with one attached hydrogen (secondary N) is 1. The molecule has 1 aromatic rings. The Bertz CT molecular complexity index is 526. The number of aromatic nitrogens is 2. The molecule has 0 radical (unpaired) electrons. The zero-order chi connectivity index (χ0) is 13.1. The molecule has 0 aromatic carbocycles. The fourth-order valence-corrected chi connectivity index (χ4v) is 1.63. The zero-order valence-electron chi connectivity index (χ0n) is 9.88. The van der Waals surface area contributed by atoms with Crippen molar-refractivity contribution in [3.8, 4) is 0 Å². The van der Waals surface area contributed by atoms with Gasteiger partial charge in [-0.2, -0.15) is 0 Å². The van der Waals surface area contributed by atoms with E-state index in [0.717, 1.165) is 0 Å². The Balaban J connectivity index is 2.31. The van der Waals surface area contributed by atoms with E-state index in [1.165, 1.54) is 18.3 Å². The van der Waals surface area contributed by atoms with Crippen LogP contribution in [0.5, 0.6) is 0 Å². The second-order valence-electron chi connectivity index (χ2n) is 4.05. The number of hydrogen-bond acceptors (Lipinski definition) is 5. The minimum absolute atomic E-state index is 0.119. The van der Waals surface area contributed by atoms with E-state index in [9.17, 15) is 9.59 Å². The highest BCUT2D eigenvalue weighted by Gasteiger charge is 2.18. The van der Waals surface area contributed by atoms with Crippen LogP contribution >= 0.6 is 0 Å². The number of hydrogen-bond donors (Lipinski definition) is 2. The predicted octanol–water partition coefficient (Wildman–Crippen LogP) is -0.641. The van der Waals surface area contributed by atoms with E-state index >= 15 is 0 Å². The highest BCUT2D eigenvalue weighted by Crippen LogP contribution is 2.15. The number of carbonyl (C=O) groups is 2. The maximum absolute atomic E-state index is 11.5. The van der Waals surface area contributed by atoms with Crippen LogP contribution in [0.4, 0.5) is 5.82 Å². The SMILES string of the molecule is CN1CC(=O)Nc2ncc(/C=C/C(N)=O)nc2C1. The van der Waals surface area contributed by atoms with Gasteiger partial charge < -0.3 is 11.1 Å². The molecular formula is C11H13N5O2. The molecule has 3 N–H and O–H groups in total. The molecule has 0 spiro atoms. The lowest BCUT2D eigenvalue weighted by Crippen LogP contribution is -2.26. The van der Waals surface area contributed by atoms with Crippen molar-refractivity contribution < 1.29 is 9.59 Å². The highest BCUT2D eigenvalue weighted by molar-refractivity contribution is 5.92. The van der Waals surface area contributed by atoms with Gasteiger partial charge in [-0.1, -0.05) is 0 Å². The van der Waals surface area contributed by atoms with Crippen molar-refractivity contribution in [3.63, 3.8) is 0 Å². The van der Waals surface area contributed by atoms with Gasteiger partial charge in [0.15, 0.2) is 5.82 Å². The molecule has 7 nitrogen and oxygen atoms in total. The lowest BCUT2D eigenvalue weighted by Gasteiger charge is -2.10. The third-order valence-electron chi connectivity index (χ3n) is 2.37. The topological polar surface area (TPSA) is 101 Å². The highest BCUT2D eigenvalue weighted by atomic mass is 16.2. The van der Waals surface area contributed by atoms with Crippen molar-refractivity contribution in [2.45, 2.75) is 6.54 Å². The van der Waals surface area contributed by atoms with E-state index in [4.69, 9.17) is 5.73 Å². The molecule has 2 amide bonds. The van der Waals surface area contributed by atoms with Crippen LogP contribution in [0.1, 0.15) is 11.4 Å². The number of primary amides is 1. The smallest absolute Gasteiger partial charge is 0.241 e. The van der Waals surface area contributed by atoms with Gasteiger partial charge in [-0.3, -0.25) is 14.5 Å². The van der Waals surface area contributed by atoms with Crippen LogP contribution < -0.4 is 11.1 Å². The summed E-state index contributed by atoms with van der Waals surface area (Å²) in [6, 6.07) is 0. The number of nitrogens with zero attached hydrogens (tertiary/aromatic N) is 3. The monoisotopic (exact) mass is 247 g/mol. The molecule has 1 aromatic heterocycles. The largest absolute Gasteiger partial charge is 0.366 e. The minimum atomic E-state index is -0.544. The normalized spacial score (nSPS) is 16.2. The first kappa shape index (κ1) is 12.2. The molecule has 2 rings (SSSR count). The van der Waals surface area contributed by atoms with Crippen molar-refractivity contribution in [2.75, 3.05) is 18.9 Å². The lowest BCUT2D eigenvalue weighted by atomic mass is 10.3. The van der Waals surface area contributed by atoms with E-state index in [-0.39, 0.29) is 5.91 Å². The van der Waals surface area contributed by atoms with Crippen LogP contribution in [0.3, 0.4) is 0 Å². The number of nitrogens with two attached hydrogens (primary N) is 1. The maximum Gasteiger partial charge on any atom is 0.241 e. The summed E-state index contributed by atoms with van der Waals surface area (Å²) in [5, 5.41) is 2.67. The molecule has 1 aliphatic heterocycles. The van der Waals surface area contributed by atoms with Crippen LogP contribution in [-0.4, -0.2) is 40.3 Å². The van der Waals surface area contributed by atoms with E-state index in [1.54, 1.807) is 0 Å². The first-order chi connectivity index (χ1) is 8.54. The second-order valence-corrected chi connectivity index (χ2v) is 4.05. The van der Waals surface area contributed by atoms with E-state index < -0.39 is 5.91 Å². The molecule has 2 heterocycles. The molecule has 0 fully saturated rings. The van der Waals surface area contributed by atoms with Crippen molar-refractivity contribution in [1.29, 1.82) is 0 Å². The number of amides is 2. The summed E-state index contributed by atoms with van der Waals surface area (Å²) >= 11 is 0. The van der Waals surface area contributed by atoms with Crippen LogP contribution in [0.2, 0.25) is 0 Å². The van der Waals surface area contributed by atoms with E-state index in [1.807, 2.05) is 11.9 Å². The third kappa shape index (κ3) is 2.89. The third-order valence-corrected chi connectivity index (χ3v) is 2.37. The number of rotatable bonds is 2. The minimum Gasteiger partial charge on any atom is -0.366 e. The Hall–Kier alpha value is -2.28. The number of likely N-dealkylation sites (N-methyl/N-ethyl adjacent to an activating group) is 1. The zero-order valence-corrected chi connectivity index (χ0v) is 9.88. The lowest BCUT2D eigenvalue weighted by molar-refractivity contribution is -0.117. The molecule has 18 heavy (non-hydrogen) atoms. The molecule has 7 heteroatoms. The quantitative estimate of drug-likeness (QED) is 0.677. The van der Waals surface area contributed by atoms with Gasteiger partial charge in [0.1, 0.15) is 0 Å². The van der Waals surface area contributed by atoms with Crippen LogP contribution in [0.15, 0.2) is 12.3 Å². The predicted molar refractivity (Wildman–Crippen MR) is 65.2 cm³/mol. The average molecular weight is 247 g/mol. The molecule has 94 valence electrons. The van der Waals surface area contributed by atoms with Crippen LogP contribution in [-0.2, 0) is 16.1 Å². The molecule has 0 aliphatic carbocycles. The Morgan fingerprint density at radius 3 is 3.06 bits per heavy atom. The Morgan fingerprint density at radius 2 is 2.33 bits per heavy atom. The van der Waals surface area contributed by atoms with Crippen molar-refractivity contribution in [2.24, 2.45) is 5.73 Å². The molecule has 0 atom stereocenters. The van der Waals surface area contributed by atoms with Crippen LogP contribution in [0.25, 0.3) is 6.08 Å².